The molecule has 0 aliphatic carbocycles. The van der Waals surface area contributed by atoms with E-state index < -0.39 is 0 Å². The zero-order valence-electron chi connectivity index (χ0n) is 14.4. The number of amides is 1. The van der Waals surface area contributed by atoms with E-state index in [0.29, 0.717) is 18.2 Å². The molecule has 1 fully saturated rings. The number of aromatic nitrogens is 2. The fraction of sp³-hybridized carbons (Fsp3) is 0.421. The quantitative estimate of drug-likeness (QED) is 0.865. The molecule has 2 heterocycles. The predicted molar refractivity (Wildman–Crippen MR) is 96.4 cm³/mol. The van der Waals surface area contributed by atoms with Gasteiger partial charge >= 0.3 is 0 Å². The fourth-order valence-corrected chi connectivity index (χ4v) is 3.02. The van der Waals surface area contributed by atoms with Crippen LogP contribution in [0.3, 0.4) is 0 Å². The third-order valence-electron chi connectivity index (χ3n) is 4.56. The molecule has 1 aliphatic rings. The van der Waals surface area contributed by atoms with Gasteiger partial charge in [-0.1, -0.05) is 25.1 Å². The lowest BCUT2D eigenvalue weighted by Crippen LogP contribution is -2.35. The minimum Gasteiger partial charge on any atom is -0.341 e. The first-order chi connectivity index (χ1) is 11.7. The Hall–Kier alpha value is -2.43. The Balaban J connectivity index is 1.81. The van der Waals surface area contributed by atoms with Gasteiger partial charge in [0.05, 0.1) is 0 Å². The Kier molecular flexibility index (Phi) is 5.08. The van der Waals surface area contributed by atoms with Gasteiger partial charge in [0.2, 0.25) is 5.95 Å². The molecular formula is C19H24N4O. The lowest BCUT2D eigenvalue weighted by atomic mass is 10.00. The van der Waals surface area contributed by atoms with Crippen LogP contribution in [0.15, 0.2) is 42.6 Å². The summed E-state index contributed by atoms with van der Waals surface area (Å²) in [7, 11) is 0. The molecule has 0 spiro atoms. The van der Waals surface area contributed by atoms with Crippen LogP contribution in [-0.2, 0) is 0 Å². The lowest BCUT2D eigenvalue weighted by Gasteiger charge is -2.30. The van der Waals surface area contributed by atoms with Crippen molar-refractivity contribution in [3.63, 3.8) is 0 Å². The molecule has 1 amide bonds. The Labute approximate surface area is 143 Å². The van der Waals surface area contributed by atoms with Crippen LogP contribution in [0.4, 0.5) is 11.6 Å². The number of anilines is 2. The van der Waals surface area contributed by atoms with Crippen molar-refractivity contribution in [1.82, 2.24) is 9.97 Å². The van der Waals surface area contributed by atoms with Crippen LogP contribution in [0, 0.1) is 5.92 Å². The summed E-state index contributed by atoms with van der Waals surface area (Å²) in [5.74, 6) is 1.33. The molecule has 3 rings (SSSR count). The molecule has 0 unspecified atom stereocenters. The van der Waals surface area contributed by atoms with Gasteiger partial charge < -0.3 is 9.80 Å². The minimum atomic E-state index is -0.0854. The van der Waals surface area contributed by atoms with Crippen LogP contribution < -0.4 is 9.80 Å². The Morgan fingerprint density at radius 2 is 1.92 bits per heavy atom. The van der Waals surface area contributed by atoms with Crippen molar-refractivity contribution in [2.75, 3.05) is 29.4 Å². The van der Waals surface area contributed by atoms with Crippen LogP contribution in [0.5, 0.6) is 0 Å². The number of para-hydroxylation sites is 1. The van der Waals surface area contributed by atoms with E-state index in [4.69, 9.17) is 0 Å². The number of nitrogens with zero attached hydrogens (tertiary/aromatic N) is 4. The Morgan fingerprint density at radius 1 is 1.21 bits per heavy atom. The van der Waals surface area contributed by atoms with Crippen LogP contribution in [-0.4, -0.2) is 35.5 Å². The summed E-state index contributed by atoms with van der Waals surface area (Å²) in [6.07, 6.45) is 3.98. The van der Waals surface area contributed by atoms with E-state index in [1.54, 1.807) is 17.2 Å². The highest BCUT2D eigenvalue weighted by Gasteiger charge is 2.21. The topological polar surface area (TPSA) is 49.3 Å². The van der Waals surface area contributed by atoms with Crippen molar-refractivity contribution < 1.29 is 4.79 Å². The van der Waals surface area contributed by atoms with Crippen LogP contribution >= 0.6 is 0 Å². The first-order valence-corrected chi connectivity index (χ1v) is 8.64. The largest absolute Gasteiger partial charge is 0.341 e. The van der Waals surface area contributed by atoms with Gasteiger partial charge in [0.15, 0.2) is 0 Å². The maximum Gasteiger partial charge on any atom is 0.277 e. The normalized spacial score (nSPS) is 15.3. The number of hydrogen-bond acceptors (Lipinski definition) is 4. The van der Waals surface area contributed by atoms with E-state index in [-0.39, 0.29) is 5.91 Å². The van der Waals surface area contributed by atoms with Crippen LogP contribution in [0.2, 0.25) is 0 Å². The second-order valence-corrected chi connectivity index (χ2v) is 6.30. The number of carbonyl (C=O) groups is 1. The summed E-state index contributed by atoms with van der Waals surface area (Å²) in [6, 6.07) is 11.4. The number of hydrogen-bond donors (Lipinski definition) is 0. The summed E-state index contributed by atoms with van der Waals surface area (Å²) in [4.78, 5) is 25.7. The number of rotatable bonds is 4. The third-order valence-corrected chi connectivity index (χ3v) is 4.56. The molecule has 0 radical (unpaired) electrons. The maximum absolute atomic E-state index is 12.9. The highest BCUT2D eigenvalue weighted by Crippen LogP contribution is 2.21. The average molecular weight is 324 g/mol. The maximum atomic E-state index is 12.9. The van der Waals surface area contributed by atoms with Gasteiger partial charge in [0.25, 0.3) is 5.91 Å². The number of piperidine rings is 1. The predicted octanol–water partition coefficient (Wildman–Crippen LogP) is 3.38. The Morgan fingerprint density at radius 3 is 2.58 bits per heavy atom. The first-order valence-electron chi connectivity index (χ1n) is 8.64. The minimum absolute atomic E-state index is 0.0854. The van der Waals surface area contributed by atoms with E-state index in [1.807, 2.05) is 37.3 Å². The molecule has 0 atom stereocenters. The van der Waals surface area contributed by atoms with E-state index in [0.717, 1.165) is 37.5 Å². The highest BCUT2D eigenvalue weighted by atomic mass is 16.2. The second kappa shape index (κ2) is 7.43. The Bertz CT molecular complexity index is 681. The molecular weight excluding hydrogens is 300 g/mol. The van der Waals surface area contributed by atoms with E-state index in [1.165, 1.54) is 0 Å². The van der Waals surface area contributed by atoms with Crippen LogP contribution in [0.25, 0.3) is 0 Å². The van der Waals surface area contributed by atoms with Gasteiger partial charge in [0.1, 0.15) is 5.69 Å². The molecule has 1 saturated heterocycles. The molecule has 0 saturated carbocycles. The van der Waals surface area contributed by atoms with E-state index >= 15 is 0 Å². The van der Waals surface area contributed by atoms with Gasteiger partial charge in [-0.15, -0.1) is 0 Å². The molecule has 0 bridgehead atoms. The summed E-state index contributed by atoms with van der Waals surface area (Å²) in [5.41, 5.74) is 1.33. The van der Waals surface area contributed by atoms with Gasteiger partial charge in [-0.2, -0.15) is 0 Å². The second-order valence-electron chi connectivity index (χ2n) is 6.30. The zero-order valence-corrected chi connectivity index (χ0v) is 14.4. The highest BCUT2D eigenvalue weighted by molar-refractivity contribution is 6.04. The van der Waals surface area contributed by atoms with Gasteiger partial charge in [-0.25, -0.2) is 9.97 Å². The number of benzene rings is 1. The van der Waals surface area contributed by atoms with E-state index in [2.05, 4.69) is 21.8 Å². The van der Waals surface area contributed by atoms with Gasteiger partial charge in [-0.3, -0.25) is 4.79 Å². The summed E-state index contributed by atoms with van der Waals surface area (Å²) in [5, 5.41) is 0. The van der Waals surface area contributed by atoms with Crippen molar-refractivity contribution in [2.45, 2.75) is 26.7 Å². The summed E-state index contributed by atoms with van der Waals surface area (Å²) < 4.78 is 0. The first kappa shape index (κ1) is 16.4. The molecule has 2 aromatic rings. The molecule has 1 aliphatic heterocycles. The van der Waals surface area contributed by atoms with Gasteiger partial charge in [0, 0.05) is 31.5 Å². The number of carbonyl (C=O) groups excluding carboxylic acids is 1. The molecule has 1 aromatic heterocycles. The zero-order chi connectivity index (χ0) is 16.9. The molecule has 5 nitrogen and oxygen atoms in total. The van der Waals surface area contributed by atoms with Crippen molar-refractivity contribution in [3.8, 4) is 0 Å². The smallest absolute Gasteiger partial charge is 0.277 e. The lowest BCUT2D eigenvalue weighted by molar-refractivity contribution is 0.0983. The van der Waals surface area contributed by atoms with Gasteiger partial charge in [-0.05, 0) is 43.9 Å². The van der Waals surface area contributed by atoms with E-state index in [9.17, 15) is 4.79 Å². The SMILES string of the molecule is CCN(C(=O)c1ccnc(N2CCC(C)CC2)n1)c1ccccc1. The molecule has 0 N–H and O–H groups in total. The van der Waals surface area contributed by atoms with Crippen LogP contribution in [0.1, 0.15) is 37.2 Å². The van der Waals surface area contributed by atoms with Crippen molar-refractivity contribution in [3.05, 3.63) is 48.3 Å². The molecule has 5 heteroatoms. The molecule has 24 heavy (non-hydrogen) atoms. The summed E-state index contributed by atoms with van der Waals surface area (Å²) >= 11 is 0. The van der Waals surface area contributed by atoms with Crippen molar-refractivity contribution in [1.29, 1.82) is 0 Å². The monoisotopic (exact) mass is 324 g/mol. The van der Waals surface area contributed by atoms with Crippen molar-refractivity contribution >= 4 is 17.5 Å². The molecule has 1 aromatic carbocycles. The average Bonchev–Trinajstić information content (AvgIpc) is 2.64. The summed E-state index contributed by atoms with van der Waals surface area (Å²) in [6.45, 7) is 6.75. The van der Waals surface area contributed by atoms with Crippen molar-refractivity contribution in [2.24, 2.45) is 5.92 Å². The third kappa shape index (κ3) is 3.55. The molecule has 126 valence electrons. The fourth-order valence-electron chi connectivity index (χ4n) is 3.02. The standard InChI is InChI=1S/C19H24N4O/c1-3-23(16-7-5-4-6-8-16)18(24)17-9-12-20-19(21-17)22-13-10-15(2)11-14-22/h4-9,12,15H,3,10-11,13-14H2,1-2H3.